The molecule has 0 saturated heterocycles. The first-order chi connectivity index (χ1) is 14.3. The summed E-state index contributed by atoms with van der Waals surface area (Å²) in [6, 6.07) is 11.3. The summed E-state index contributed by atoms with van der Waals surface area (Å²) in [5.74, 6) is -3.26. The molecule has 1 heterocycles. The summed E-state index contributed by atoms with van der Waals surface area (Å²) < 4.78 is 27.9. The SMILES string of the molecule is CC(=O)N(c1cc(NC(=O)Cc2c(Cl)cccc2Cl)ccn1)c1cccc(F)c1F. The number of anilines is 3. The minimum absolute atomic E-state index is 0.0144. The summed E-state index contributed by atoms with van der Waals surface area (Å²) in [7, 11) is 0. The van der Waals surface area contributed by atoms with E-state index in [4.69, 9.17) is 23.2 Å². The normalized spacial score (nSPS) is 10.6. The van der Waals surface area contributed by atoms with Gasteiger partial charge < -0.3 is 5.32 Å². The van der Waals surface area contributed by atoms with Gasteiger partial charge in [0.15, 0.2) is 11.6 Å². The Morgan fingerprint density at radius 1 is 1.07 bits per heavy atom. The van der Waals surface area contributed by atoms with Crippen molar-refractivity contribution in [1.82, 2.24) is 4.98 Å². The van der Waals surface area contributed by atoms with Crippen molar-refractivity contribution in [2.24, 2.45) is 0 Å². The Morgan fingerprint density at radius 3 is 2.40 bits per heavy atom. The Morgan fingerprint density at radius 2 is 1.73 bits per heavy atom. The highest BCUT2D eigenvalue weighted by Gasteiger charge is 2.22. The molecule has 154 valence electrons. The van der Waals surface area contributed by atoms with Gasteiger partial charge in [0.2, 0.25) is 11.8 Å². The number of nitrogens with one attached hydrogen (secondary N) is 1. The van der Waals surface area contributed by atoms with Crippen LogP contribution < -0.4 is 10.2 Å². The molecule has 5 nitrogen and oxygen atoms in total. The van der Waals surface area contributed by atoms with Gasteiger partial charge in [0.05, 0.1) is 12.1 Å². The molecule has 3 aromatic rings. The predicted molar refractivity (Wildman–Crippen MR) is 112 cm³/mol. The van der Waals surface area contributed by atoms with Crippen molar-refractivity contribution in [3.05, 3.63) is 82.0 Å². The topological polar surface area (TPSA) is 62.3 Å². The Bertz CT molecular complexity index is 1100. The maximum absolute atomic E-state index is 14.2. The van der Waals surface area contributed by atoms with E-state index in [1.807, 2.05) is 0 Å². The summed E-state index contributed by atoms with van der Waals surface area (Å²) in [4.78, 5) is 29.5. The van der Waals surface area contributed by atoms with Gasteiger partial charge in [0.1, 0.15) is 5.82 Å². The summed E-state index contributed by atoms with van der Waals surface area (Å²) in [6.45, 7) is 1.19. The monoisotopic (exact) mass is 449 g/mol. The maximum Gasteiger partial charge on any atom is 0.229 e. The number of aromatic nitrogens is 1. The molecule has 2 amide bonds. The number of amides is 2. The van der Waals surface area contributed by atoms with Crippen LogP contribution in [-0.4, -0.2) is 16.8 Å². The Hall–Kier alpha value is -3.03. The van der Waals surface area contributed by atoms with Crippen molar-refractivity contribution in [2.45, 2.75) is 13.3 Å². The fourth-order valence-corrected chi connectivity index (χ4v) is 3.34. The number of hydrogen-bond donors (Lipinski definition) is 1. The molecule has 0 aliphatic heterocycles. The molecule has 0 aliphatic carbocycles. The van der Waals surface area contributed by atoms with Crippen LogP contribution in [-0.2, 0) is 16.0 Å². The van der Waals surface area contributed by atoms with Gasteiger partial charge >= 0.3 is 0 Å². The Kier molecular flexibility index (Phi) is 6.64. The second kappa shape index (κ2) is 9.19. The highest BCUT2D eigenvalue weighted by molar-refractivity contribution is 6.36. The standard InChI is InChI=1S/C21H15Cl2F2N3O2/c1-12(29)28(18-7-3-6-17(24)21(18)25)19-10-13(8-9-26-19)27-20(30)11-14-15(22)4-2-5-16(14)23/h2-10H,11H2,1H3,(H,26,27,30). The van der Waals surface area contributed by atoms with Gasteiger partial charge in [-0.3, -0.25) is 14.5 Å². The van der Waals surface area contributed by atoms with Crippen molar-refractivity contribution in [1.29, 1.82) is 0 Å². The molecule has 0 fully saturated rings. The van der Waals surface area contributed by atoms with Crippen molar-refractivity contribution < 1.29 is 18.4 Å². The lowest BCUT2D eigenvalue weighted by molar-refractivity contribution is -0.116. The van der Waals surface area contributed by atoms with Gasteiger partial charge in [-0.15, -0.1) is 0 Å². The molecule has 0 radical (unpaired) electrons. The fourth-order valence-electron chi connectivity index (χ4n) is 2.80. The van der Waals surface area contributed by atoms with E-state index < -0.39 is 23.4 Å². The molecule has 0 saturated carbocycles. The minimum Gasteiger partial charge on any atom is -0.326 e. The third kappa shape index (κ3) is 4.75. The van der Waals surface area contributed by atoms with Gasteiger partial charge in [0, 0.05) is 34.9 Å². The minimum atomic E-state index is -1.18. The van der Waals surface area contributed by atoms with Gasteiger partial charge in [-0.05, 0) is 35.9 Å². The fraction of sp³-hybridized carbons (Fsp3) is 0.0952. The van der Waals surface area contributed by atoms with Crippen LogP contribution in [0.2, 0.25) is 10.0 Å². The van der Waals surface area contributed by atoms with Crippen LogP contribution in [0, 0.1) is 11.6 Å². The molecule has 3 rings (SSSR count). The van der Waals surface area contributed by atoms with Crippen LogP contribution in [0.3, 0.4) is 0 Å². The van der Waals surface area contributed by atoms with Crippen molar-refractivity contribution in [2.75, 3.05) is 10.2 Å². The molecule has 9 heteroatoms. The summed E-state index contributed by atoms with van der Waals surface area (Å²) >= 11 is 12.2. The number of carbonyl (C=O) groups is 2. The molecule has 0 atom stereocenters. The number of rotatable bonds is 5. The first-order valence-corrected chi connectivity index (χ1v) is 9.47. The second-order valence-corrected chi connectivity index (χ2v) is 7.07. The number of halogens is 4. The van der Waals surface area contributed by atoms with Crippen LogP contribution in [0.5, 0.6) is 0 Å². The third-order valence-electron chi connectivity index (χ3n) is 4.14. The summed E-state index contributed by atoms with van der Waals surface area (Å²) in [6.07, 6.45) is 1.26. The number of hydrogen-bond acceptors (Lipinski definition) is 3. The van der Waals surface area contributed by atoms with Crippen LogP contribution in [0.1, 0.15) is 12.5 Å². The smallest absolute Gasteiger partial charge is 0.229 e. The van der Waals surface area contributed by atoms with Crippen molar-refractivity contribution >= 4 is 52.2 Å². The van der Waals surface area contributed by atoms with Gasteiger partial charge in [0.25, 0.3) is 0 Å². The average molecular weight is 450 g/mol. The Balaban J connectivity index is 1.87. The number of carbonyl (C=O) groups excluding carboxylic acids is 2. The zero-order chi connectivity index (χ0) is 21.8. The van der Waals surface area contributed by atoms with Crippen molar-refractivity contribution in [3.8, 4) is 0 Å². The molecule has 1 aromatic heterocycles. The lowest BCUT2D eigenvalue weighted by Crippen LogP contribution is -2.25. The zero-order valence-electron chi connectivity index (χ0n) is 15.6. The molecule has 0 bridgehead atoms. The van der Waals surface area contributed by atoms with E-state index in [0.717, 1.165) is 11.0 Å². The molecule has 2 aromatic carbocycles. The van der Waals surface area contributed by atoms with E-state index in [1.54, 1.807) is 18.2 Å². The zero-order valence-corrected chi connectivity index (χ0v) is 17.1. The lowest BCUT2D eigenvalue weighted by atomic mass is 10.1. The molecular weight excluding hydrogens is 435 g/mol. The predicted octanol–water partition coefficient (Wildman–Crippen LogP) is 5.53. The molecule has 0 aliphatic rings. The van der Waals surface area contributed by atoms with Crippen LogP contribution in [0.15, 0.2) is 54.7 Å². The average Bonchev–Trinajstić information content (AvgIpc) is 2.68. The number of pyridine rings is 1. The van der Waals surface area contributed by atoms with E-state index in [0.29, 0.717) is 21.3 Å². The maximum atomic E-state index is 14.2. The molecule has 0 spiro atoms. The van der Waals surface area contributed by atoms with Gasteiger partial charge in [-0.2, -0.15) is 0 Å². The number of benzene rings is 2. The van der Waals surface area contributed by atoms with E-state index in [1.165, 1.54) is 37.4 Å². The van der Waals surface area contributed by atoms with Gasteiger partial charge in [-0.1, -0.05) is 35.3 Å². The van der Waals surface area contributed by atoms with E-state index >= 15 is 0 Å². The van der Waals surface area contributed by atoms with Crippen LogP contribution in [0.4, 0.5) is 26.0 Å². The third-order valence-corrected chi connectivity index (χ3v) is 4.85. The van der Waals surface area contributed by atoms with Gasteiger partial charge in [-0.25, -0.2) is 13.8 Å². The summed E-state index contributed by atoms with van der Waals surface area (Å²) in [5, 5.41) is 3.37. The quantitative estimate of drug-likeness (QED) is 0.556. The Labute approximate surface area is 181 Å². The van der Waals surface area contributed by atoms with E-state index in [9.17, 15) is 18.4 Å². The first kappa shape index (κ1) is 21.7. The molecule has 0 unspecified atom stereocenters. The van der Waals surface area contributed by atoms with E-state index in [-0.39, 0.29) is 17.9 Å². The first-order valence-electron chi connectivity index (χ1n) is 8.71. The number of nitrogens with zero attached hydrogens (tertiary/aromatic N) is 2. The molecule has 30 heavy (non-hydrogen) atoms. The largest absolute Gasteiger partial charge is 0.326 e. The summed E-state index contributed by atoms with van der Waals surface area (Å²) in [5.41, 5.74) is 0.484. The molecular formula is C21H15Cl2F2N3O2. The molecule has 1 N–H and O–H groups in total. The second-order valence-electron chi connectivity index (χ2n) is 6.26. The highest BCUT2D eigenvalue weighted by Crippen LogP contribution is 2.30. The highest BCUT2D eigenvalue weighted by atomic mass is 35.5. The van der Waals surface area contributed by atoms with Crippen molar-refractivity contribution in [3.63, 3.8) is 0 Å². The van der Waals surface area contributed by atoms with Crippen LogP contribution >= 0.6 is 23.2 Å². The lowest BCUT2D eigenvalue weighted by Gasteiger charge is -2.21. The van der Waals surface area contributed by atoms with E-state index in [2.05, 4.69) is 10.3 Å². The van der Waals surface area contributed by atoms with Crippen LogP contribution in [0.25, 0.3) is 0 Å².